The molecule has 1 aromatic rings. The summed E-state index contributed by atoms with van der Waals surface area (Å²) in [5.41, 5.74) is 0.570. The maximum Gasteiger partial charge on any atom is 0.226 e. The zero-order valence-electron chi connectivity index (χ0n) is 11.3. The third-order valence-corrected chi connectivity index (χ3v) is 3.42. The van der Waals surface area contributed by atoms with Crippen molar-refractivity contribution in [1.29, 1.82) is 5.26 Å². The van der Waals surface area contributed by atoms with Crippen LogP contribution in [-0.4, -0.2) is 43.0 Å². The van der Waals surface area contributed by atoms with Crippen LogP contribution in [0.15, 0.2) is 18.3 Å². The lowest BCUT2D eigenvalue weighted by atomic mass is 9.96. The lowest BCUT2D eigenvalue weighted by Gasteiger charge is -2.34. The lowest BCUT2D eigenvalue weighted by molar-refractivity contribution is -0.133. The summed E-state index contributed by atoms with van der Waals surface area (Å²) in [6, 6.07) is 5.68. The van der Waals surface area contributed by atoms with Crippen LogP contribution in [-0.2, 0) is 4.79 Å². The first-order valence-corrected chi connectivity index (χ1v) is 6.44. The highest BCUT2D eigenvalue weighted by Gasteiger charge is 2.28. The number of nitrogens with zero attached hydrogens (tertiary/aromatic N) is 4. The van der Waals surface area contributed by atoms with Crippen molar-refractivity contribution in [1.82, 2.24) is 9.88 Å². The first-order valence-electron chi connectivity index (χ1n) is 6.44. The van der Waals surface area contributed by atoms with Crippen LogP contribution in [0, 0.1) is 17.2 Å². The second kappa shape index (κ2) is 5.70. The number of piperidine rings is 1. The minimum atomic E-state index is -0.00250. The average Bonchev–Trinajstić information content (AvgIpc) is 2.46. The zero-order chi connectivity index (χ0) is 13.8. The van der Waals surface area contributed by atoms with Crippen LogP contribution in [0.4, 0.5) is 5.82 Å². The van der Waals surface area contributed by atoms with Crippen molar-refractivity contribution in [3.05, 3.63) is 23.9 Å². The number of pyridine rings is 1. The van der Waals surface area contributed by atoms with Gasteiger partial charge in [-0.2, -0.15) is 5.26 Å². The highest BCUT2D eigenvalue weighted by Crippen LogP contribution is 2.24. The summed E-state index contributed by atoms with van der Waals surface area (Å²) in [5, 5.41) is 9.12. The molecule has 0 aromatic carbocycles. The molecule has 0 bridgehead atoms. The Morgan fingerprint density at radius 3 is 3.05 bits per heavy atom. The summed E-state index contributed by atoms with van der Waals surface area (Å²) in [4.78, 5) is 20.0. The minimum absolute atomic E-state index is 0.00250. The molecular formula is C14H18N4O. The number of rotatable bonds is 2. The fraction of sp³-hybridized carbons (Fsp3) is 0.500. The predicted molar refractivity (Wildman–Crippen MR) is 72.6 cm³/mol. The number of carbonyl (C=O) groups is 1. The van der Waals surface area contributed by atoms with Gasteiger partial charge in [0.15, 0.2) is 0 Å². The Morgan fingerprint density at radius 1 is 1.58 bits per heavy atom. The lowest BCUT2D eigenvalue weighted by Crippen LogP contribution is -2.43. The van der Waals surface area contributed by atoms with Gasteiger partial charge in [-0.05, 0) is 25.0 Å². The summed E-state index contributed by atoms with van der Waals surface area (Å²) < 4.78 is 0. The molecule has 0 saturated carbocycles. The molecule has 5 nitrogen and oxygen atoms in total. The van der Waals surface area contributed by atoms with Crippen LogP contribution in [0.5, 0.6) is 0 Å². The number of carbonyl (C=O) groups excluding carboxylic acids is 1. The fourth-order valence-electron chi connectivity index (χ4n) is 2.47. The molecule has 2 heterocycles. The maximum atomic E-state index is 12.0. The number of nitriles is 1. The molecule has 1 aromatic heterocycles. The first-order chi connectivity index (χ1) is 9.13. The maximum absolute atomic E-state index is 12.0. The van der Waals surface area contributed by atoms with Crippen LogP contribution in [0.3, 0.4) is 0 Å². The molecule has 0 aliphatic carbocycles. The second-order valence-corrected chi connectivity index (χ2v) is 5.00. The van der Waals surface area contributed by atoms with Crippen LogP contribution in [0.2, 0.25) is 0 Å². The van der Waals surface area contributed by atoms with Gasteiger partial charge in [0.1, 0.15) is 11.9 Å². The van der Waals surface area contributed by atoms with E-state index in [-0.39, 0.29) is 11.8 Å². The van der Waals surface area contributed by atoms with E-state index < -0.39 is 0 Å². The normalized spacial score (nSPS) is 18.8. The van der Waals surface area contributed by atoms with E-state index in [4.69, 9.17) is 5.26 Å². The van der Waals surface area contributed by atoms with E-state index in [9.17, 15) is 4.79 Å². The molecule has 1 saturated heterocycles. The van der Waals surface area contributed by atoms with Gasteiger partial charge in [-0.25, -0.2) is 4.98 Å². The number of hydrogen-bond donors (Lipinski definition) is 0. The standard InChI is InChI=1S/C14H18N4O/c1-17(2)14(19)12-6-4-8-18(10-12)13-11(9-15)5-3-7-16-13/h3,5,7,12H,4,6,8,10H2,1-2H3. The molecule has 2 rings (SSSR count). The molecular weight excluding hydrogens is 240 g/mol. The SMILES string of the molecule is CN(C)C(=O)C1CCCN(c2ncccc2C#N)C1. The molecule has 100 valence electrons. The number of anilines is 1. The van der Waals surface area contributed by atoms with Crippen molar-refractivity contribution in [2.45, 2.75) is 12.8 Å². The van der Waals surface area contributed by atoms with Crippen molar-refractivity contribution in [3.8, 4) is 6.07 Å². The molecule has 1 atom stereocenters. The molecule has 0 spiro atoms. The molecule has 1 amide bonds. The highest BCUT2D eigenvalue weighted by molar-refractivity contribution is 5.79. The minimum Gasteiger partial charge on any atom is -0.355 e. The summed E-state index contributed by atoms with van der Waals surface area (Å²) >= 11 is 0. The highest BCUT2D eigenvalue weighted by atomic mass is 16.2. The van der Waals surface area contributed by atoms with E-state index in [0.717, 1.165) is 19.4 Å². The quantitative estimate of drug-likeness (QED) is 0.801. The van der Waals surface area contributed by atoms with Gasteiger partial charge in [-0.1, -0.05) is 0 Å². The van der Waals surface area contributed by atoms with Crippen molar-refractivity contribution >= 4 is 11.7 Å². The fourth-order valence-corrected chi connectivity index (χ4v) is 2.47. The van der Waals surface area contributed by atoms with Gasteiger partial charge in [-0.3, -0.25) is 4.79 Å². The second-order valence-electron chi connectivity index (χ2n) is 5.00. The Hall–Kier alpha value is -2.09. The predicted octanol–water partition coefficient (Wildman–Crippen LogP) is 1.26. The van der Waals surface area contributed by atoms with E-state index in [1.54, 1.807) is 37.3 Å². The van der Waals surface area contributed by atoms with Gasteiger partial charge >= 0.3 is 0 Å². The first kappa shape index (κ1) is 13.3. The number of amides is 1. The Morgan fingerprint density at radius 2 is 2.37 bits per heavy atom. The van der Waals surface area contributed by atoms with Gasteiger partial charge in [0.05, 0.1) is 11.5 Å². The summed E-state index contributed by atoms with van der Waals surface area (Å²) in [6.45, 7) is 1.49. The Balaban J connectivity index is 2.18. The van der Waals surface area contributed by atoms with Crippen LogP contribution < -0.4 is 4.90 Å². The molecule has 1 fully saturated rings. The molecule has 19 heavy (non-hydrogen) atoms. The smallest absolute Gasteiger partial charge is 0.226 e. The topological polar surface area (TPSA) is 60.2 Å². The Labute approximate surface area is 113 Å². The van der Waals surface area contributed by atoms with Gasteiger partial charge in [-0.15, -0.1) is 0 Å². The largest absolute Gasteiger partial charge is 0.355 e. The average molecular weight is 258 g/mol. The molecule has 0 N–H and O–H groups in total. The third kappa shape index (κ3) is 2.84. The van der Waals surface area contributed by atoms with E-state index in [0.29, 0.717) is 17.9 Å². The van der Waals surface area contributed by atoms with Gasteiger partial charge in [0, 0.05) is 33.4 Å². The molecule has 0 radical (unpaired) electrons. The van der Waals surface area contributed by atoms with Crippen molar-refractivity contribution in [2.75, 3.05) is 32.1 Å². The van der Waals surface area contributed by atoms with Crippen molar-refractivity contribution in [2.24, 2.45) is 5.92 Å². The van der Waals surface area contributed by atoms with Crippen LogP contribution >= 0.6 is 0 Å². The van der Waals surface area contributed by atoms with Crippen molar-refractivity contribution < 1.29 is 4.79 Å². The third-order valence-electron chi connectivity index (χ3n) is 3.42. The Kier molecular flexibility index (Phi) is 4.00. The monoisotopic (exact) mass is 258 g/mol. The number of hydrogen-bond acceptors (Lipinski definition) is 4. The molecule has 5 heteroatoms. The van der Waals surface area contributed by atoms with Crippen LogP contribution in [0.25, 0.3) is 0 Å². The molecule has 1 aliphatic heterocycles. The number of aromatic nitrogens is 1. The van der Waals surface area contributed by atoms with E-state index >= 15 is 0 Å². The summed E-state index contributed by atoms with van der Waals surface area (Å²) in [6.07, 6.45) is 3.54. The summed E-state index contributed by atoms with van der Waals surface area (Å²) in [5.74, 6) is 0.845. The van der Waals surface area contributed by atoms with Gasteiger partial charge in [0.25, 0.3) is 0 Å². The summed E-state index contributed by atoms with van der Waals surface area (Å²) in [7, 11) is 3.56. The Bertz CT molecular complexity index is 506. The van der Waals surface area contributed by atoms with Gasteiger partial charge in [0.2, 0.25) is 5.91 Å². The zero-order valence-corrected chi connectivity index (χ0v) is 11.3. The molecule has 1 unspecified atom stereocenters. The van der Waals surface area contributed by atoms with E-state index in [1.165, 1.54) is 0 Å². The van der Waals surface area contributed by atoms with Crippen LogP contribution in [0.1, 0.15) is 18.4 Å². The van der Waals surface area contributed by atoms with E-state index in [1.807, 2.05) is 4.90 Å². The van der Waals surface area contributed by atoms with Crippen molar-refractivity contribution in [3.63, 3.8) is 0 Å². The molecule has 1 aliphatic rings. The van der Waals surface area contributed by atoms with E-state index in [2.05, 4.69) is 11.1 Å². The van der Waals surface area contributed by atoms with Gasteiger partial charge < -0.3 is 9.80 Å².